The molecule has 16 heteroatoms. The van der Waals surface area contributed by atoms with Crippen LogP contribution in [0.1, 0.15) is 112 Å². The molecule has 5 rings (SSSR count). The molecule has 2 bridgehead atoms. The van der Waals surface area contributed by atoms with Gasteiger partial charge in [-0.15, -0.1) is 0 Å². The predicted octanol–water partition coefficient (Wildman–Crippen LogP) is 4.77. The number of piperazine rings is 1. The van der Waals surface area contributed by atoms with Gasteiger partial charge in [0.2, 0.25) is 5.79 Å². The lowest BCUT2D eigenvalue weighted by atomic mass is 9.82. The number of hydrogen-bond donors (Lipinski definition) is 3. The highest BCUT2D eigenvalue weighted by molar-refractivity contribution is 6.39. The molecule has 2 amide bonds. The smallest absolute Gasteiger partial charge is 0.410 e. The molecule has 5 aliphatic rings. The molecule has 0 radical (unpaired) electrons. The van der Waals surface area contributed by atoms with E-state index in [4.69, 9.17) is 23.7 Å². The first-order chi connectivity index (χ1) is 31.4. The molecule has 0 aromatic heterocycles. The maximum Gasteiger partial charge on any atom is 0.410 e. The van der Waals surface area contributed by atoms with Crippen LogP contribution in [0.5, 0.6) is 0 Å². The van der Waals surface area contributed by atoms with Crippen LogP contribution in [0.25, 0.3) is 0 Å². The van der Waals surface area contributed by atoms with Crippen molar-refractivity contribution in [3.8, 4) is 0 Å². The first-order valence-corrected chi connectivity index (χ1v) is 24.4. The van der Waals surface area contributed by atoms with Crippen molar-refractivity contribution >= 4 is 29.5 Å². The fraction of sp³-hybridized carbons (Fsp3) is 0.780. The van der Waals surface area contributed by atoms with Crippen LogP contribution in [0.3, 0.4) is 0 Å². The highest BCUT2D eigenvalue weighted by Crippen LogP contribution is 2.39. The Morgan fingerprint density at radius 3 is 2.23 bits per heavy atom. The number of aliphatic hydroxyl groups is 3. The number of carbonyl (C=O) groups excluding carboxylic acids is 5. The minimum atomic E-state index is -2.53. The van der Waals surface area contributed by atoms with Gasteiger partial charge in [0.25, 0.3) is 11.7 Å². The third-order valence-corrected chi connectivity index (χ3v) is 14.8. The first kappa shape index (κ1) is 53.4. The molecular weight excluding hydrogens is 851 g/mol. The molecule has 66 heavy (non-hydrogen) atoms. The van der Waals surface area contributed by atoms with E-state index >= 15 is 0 Å². The molecular formula is C50H79N3O13. The second-order valence-corrected chi connectivity index (χ2v) is 19.9. The van der Waals surface area contributed by atoms with Gasteiger partial charge in [0.15, 0.2) is 0 Å². The number of Topliss-reactive ketones (excluding diaryl/α,β-unsaturated/α-hetero) is 2. The SMILES string of the molecule is CO[C@H]1C[C@@H](C)C/C(C)=C/[C@@H](C/C=C/CO)C(=O)C[C@H](O)[C@@H](C)[C@@H](/C(C)=C/[C@H]2CC[C@H](OC(=O)N3CCN(C)CC3)CC2)OC(=O)[C@@H]2CCCCN2C(=O)C(=O)[C@]2(O)O[C@H]1[C@@H](OC)C[C@H]2C. The van der Waals surface area contributed by atoms with Crippen LogP contribution in [0, 0.1) is 29.6 Å². The highest BCUT2D eigenvalue weighted by atomic mass is 16.7. The van der Waals surface area contributed by atoms with E-state index < -0.39 is 77.8 Å². The fourth-order valence-electron chi connectivity index (χ4n) is 10.6. The van der Waals surface area contributed by atoms with Gasteiger partial charge in [-0.3, -0.25) is 14.4 Å². The van der Waals surface area contributed by atoms with Crippen molar-refractivity contribution in [3.63, 3.8) is 0 Å². The average molecular weight is 930 g/mol. The first-order valence-electron chi connectivity index (χ1n) is 24.4. The summed E-state index contributed by atoms with van der Waals surface area (Å²) < 4.78 is 30.3. The number of fused-ring (bicyclic) bond motifs is 3. The Balaban J connectivity index is 1.46. The number of allylic oxidation sites excluding steroid dienone is 4. The molecule has 3 N–H and O–H groups in total. The Kier molecular flexibility index (Phi) is 20.0. The molecule has 11 atom stereocenters. The molecule has 0 unspecified atom stereocenters. The van der Waals surface area contributed by atoms with Crippen molar-refractivity contribution in [2.75, 3.05) is 60.6 Å². The second kappa shape index (κ2) is 24.7. The summed E-state index contributed by atoms with van der Waals surface area (Å²) >= 11 is 0. The largest absolute Gasteiger partial charge is 0.456 e. The van der Waals surface area contributed by atoms with Gasteiger partial charge in [0, 0.05) is 71.1 Å². The molecule has 1 saturated carbocycles. The summed E-state index contributed by atoms with van der Waals surface area (Å²) in [6, 6.07) is -1.16. The topological polar surface area (TPSA) is 202 Å². The number of ketones is 2. The molecule has 1 aliphatic carbocycles. The van der Waals surface area contributed by atoms with E-state index in [1.807, 2.05) is 40.0 Å². The van der Waals surface area contributed by atoms with Crippen LogP contribution >= 0.6 is 0 Å². The van der Waals surface area contributed by atoms with Crippen molar-refractivity contribution < 1.29 is 63.0 Å². The van der Waals surface area contributed by atoms with E-state index in [9.17, 15) is 39.3 Å². The van der Waals surface area contributed by atoms with Crippen molar-refractivity contribution in [2.24, 2.45) is 29.6 Å². The number of amides is 2. The molecule has 4 heterocycles. The summed E-state index contributed by atoms with van der Waals surface area (Å²) in [5.41, 5.74) is 1.59. The number of aliphatic hydroxyl groups excluding tert-OH is 2. The summed E-state index contributed by atoms with van der Waals surface area (Å²) in [6.07, 6.45) is 7.69. The Hall–Kier alpha value is -3.51. The lowest BCUT2D eigenvalue weighted by molar-refractivity contribution is -0.302. The fourth-order valence-corrected chi connectivity index (χ4v) is 10.6. The Bertz CT molecular complexity index is 1750. The standard InChI is InChI=1S/C50H79N3O13/c1-31-25-32(2)27-42(62-7)45-43(63-8)29-34(4)50(61,66-45)46(57)47(58)53-19-11-9-14-39(53)48(59)65-44(35(5)40(55)30-41(56)37(26-31)13-10-12-24-54)33(3)28-36-15-17-38(18-16-36)64-49(60)52-22-20-51(6)21-23-52/h10,12,26,28,32,34-40,42-45,54-55,61H,9,11,13-25,27,29-30H2,1-8H3/b12-10+,31-26+,33-28+/t32-,34+,35+,36-,37+,38-,39-,40-,42-,43-,44+,45+,50+/m0/s1. The predicted molar refractivity (Wildman–Crippen MR) is 246 cm³/mol. The molecule has 0 aromatic carbocycles. The molecule has 0 spiro atoms. The van der Waals surface area contributed by atoms with Crippen LogP contribution in [0.15, 0.2) is 35.5 Å². The minimum Gasteiger partial charge on any atom is -0.456 e. The van der Waals surface area contributed by atoms with Gasteiger partial charge < -0.3 is 53.7 Å². The van der Waals surface area contributed by atoms with Gasteiger partial charge in [-0.2, -0.15) is 0 Å². The normalized spacial score (nSPS) is 37.7. The quantitative estimate of drug-likeness (QED) is 0.171. The summed E-state index contributed by atoms with van der Waals surface area (Å²) in [6.45, 7) is 11.9. The third kappa shape index (κ3) is 13.6. The van der Waals surface area contributed by atoms with E-state index in [0.717, 1.165) is 31.5 Å². The van der Waals surface area contributed by atoms with Crippen molar-refractivity contribution in [3.05, 3.63) is 35.5 Å². The maximum absolute atomic E-state index is 14.5. The summed E-state index contributed by atoms with van der Waals surface area (Å²) in [4.78, 5) is 75.4. The van der Waals surface area contributed by atoms with Crippen LogP contribution < -0.4 is 0 Å². The van der Waals surface area contributed by atoms with E-state index in [1.165, 1.54) is 19.1 Å². The Labute approximate surface area is 392 Å². The zero-order valence-corrected chi connectivity index (χ0v) is 40.7. The second-order valence-electron chi connectivity index (χ2n) is 19.9. The monoisotopic (exact) mass is 930 g/mol. The van der Waals surface area contributed by atoms with E-state index in [1.54, 1.807) is 30.9 Å². The van der Waals surface area contributed by atoms with E-state index in [2.05, 4.69) is 4.90 Å². The molecule has 372 valence electrons. The van der Waals surface area contributed by atoms with Crippen LogP contribution in [0.2, 0.25) is 0 Å². The van der Waals surface area contributed by atoms with Gasteiger partial charge in [-0.25, -0.2) is 9.59 Å². The zero-order valence-electron chi connectivity index (χ0n) is 40.7. The Morgan fingerprint density at radius 1 is 0.909 bits per heavy atom. The van der Waals surface area contributed by atoms with Crippen molar-refractivity contribution in [1.82, 2.24) is 14.7 Å². The molecule has 4 aliphatic heterocycles. The molecule has 4 fully saturated rings. The average Bonchev–Trinajstić information content (AvgIpc) is 3.30. The number of rotatable bonds is 8. The number of likely N-dealkylation sites (N-methyl/N-ethyl adjacent to an activating group) is 1. The van der Waals surface area contributed by atoms with Crippen LogP contribution in [-0.2, 0) is 42.9 Å². The lowest BCUT2D eigenvalue weighted by Crippen LogP contribution is -2.64. The minimum absolute atomic E-state index is 0.0273. The summed E-state index contributed by atoms with van der Waals surface area (Å²) in [7, 11) is 5.07. The van der Waals surface area contributed by atoms with E-state index in [0.29, 0.717) is 63.6 Å². The number of esters is 1. The van der Waals surface area contributed by atoms with Crippen LogP contribution in [0.4, 0.5) is 4.79 Å². The number of methoxy groups -OCH3 is 2. The Morgan fingerprint density at radius 2 is 1.58 bits per heavy atom. The highest BCUT2D eigenvalue weighted by Gasteiger charge is 2.56. The molecule has 0 aromatic rings. The summed E-state index contributed by atoms with van der Waals surface area (Å²) in [5.74, 6) is -7.94. The zero-order chi connectivity index (χ0) is 48.3. The maximum atomic E-state index is 14.5. The van der Waals surface area contributed by atoms with Gasteiger partial charge in [0.05, 0.1) is 24.9 Å². The number of ether oxygens (including phenoxy) is 5. The van der Waals surface area contributed by atoms with Crippen molar-refractivity contribution in [1.29, 1.82) is 0 Å². The van der Waals surface area contributed by atoms with E-state index in [-0.39, 0.29) is 62.2 Å². The van der Waals surface area contributed by atoms with Gasteiger partial charge in [0.1, 0.15) is 30.1 Å². The number of cyclic esters (lactones) is 1. The van der Waals surface area contributed by atoms with Gasteiger partial charge >= 0.3 is 12.1 Å². The number of carbonyl (C=O) groups is 5. The van der Waals surface area contributed by atoms with Crippen LogP contribution in [-0.4, -0.2) is 169 Å². The molecule has 16 nitrogen and oxygen atoms in total. The number of piperidine rings is 1. The summed E-state index contributed by atoms with van der Waals surface area (Å²) in [5, 5.41) is 33.5. The van der Waals surface area contributed by atoms with Crippen molar-refractivity contribution in [2.45, 2.75) is 160 Å². The molecule has 3 saturated heterocycles. The third-order valence-electron chi connectivity index (χ3n) is 14.8. The number of nitrogens with zero attached hydrogens (tertiary/aromatic N) is 3. The number of hydrogen-bond acceptors (Lipinski definition) is 14. The lowest BCUT2D eigenvalue weighted by Gasteiger charge is -2.47. The van der Waals surface area contributed by atoms with Gasteiger partial charge in [-0.1, -0.05) is 50.6 Å². The van der Waals surface area contributed by atoms with Gasteiger partial charge in [-0.05, 0) is 109 Å².